The zero-order valence-corrected chi connectivity index (χ0v) is 12.0. The fourth-order valence-electron chi connectivity index (χ4n) is 2.04. The predicted molar refractivity (Wildman–Crippen MR) is 78.8 cm³/mol. The van der Waals surface area contributed by atoms with Crippen LogP contribution in [0.1, 0.15) is 26.3 Å². The fourth-order valence-corrected chi connectivity index (χ4v) is 2.04. The highest BCUT2D eigenvalue weighted by Crippen LogP contribution is 2.16. The van der Waals surface area contributed by atoms with Crippen LogP contribution in [-0.2, 0) is 11.2 Å². The van der Waals surface area contributed by atoms with Crippen molar-refractivity contribution in [2.45, 2.75) is 6.42 Å². The molecule has 0 fully saturated rings. The third kappa shape index (κ3) is 3.48. The predicted octanol–water partition coefficient (Wildman–Crippen LogP) is 2.91. The van der Waals surface area contributed by atoms with Gasteiger partial charge in [-0.1, -0.05) is 18.2 Å². The molecular weight excluding hydrogens is 268 g/mol. The molecule has 21 heavy (non-hydrogen) atoms. The Kier molecular flexibility index (Phi) is 4.72. The van der Waals surface area contributed by atoms with Gasteiger partial charge in [0.1, 0.15) is 5.75 Å². The minimum absolute atomic E-state index is 0.0611. The lowest BCUT2D eigenvalue weighted by Gasteiger charge is -2.07. The molecule has 0 atom stereocenters. The molecule has 2 rings (SSSR count). The summed E-state index contributed by atoms with van der Waals surface area (Å²) in [5, 5.41) is 0. The van der Waals surface area contributed by atoms with E-state index in [1.165, 1.54) is 7.11 Å². The van der Waals surface area contributed by atoms with Gasteiger partial charge in [0.05, 0.1) is 19.8 Å². The molecule has 0 amide bonds. The number of ketones is 1. The van der Waals surface area contributed by atoms with Gasteiger partial charge in [0, 0.05) is 12.0 Å². The number of hydrogen-bond donors (Lipinski definition) is 0. The van der Waals surface area contributed by atoms with Crippen molar-refractivity contribution < 1.29 is 19.1 Å². The maximum Gasteiger partial charge on any atom is 0.338 e. The average molecular weight is 284 g/mol. The van der Waals surface area contributed by atoms with Gasteiger partial charge in [0.2, 0.25) is 0 Å². The average Bonchev–Trinajstić information content (AvgIpc) is 2.54. The number of benzene rings is 2. The van der Waals surface area contributed by atoms with E-state index >= 15 is 0 Å². The van der Waals surface area contributed by atoms with Crippen LogP contribution in [0.4, 0.5) is 0 Å². The maximum absolute atomic E-state index is 12.3. The van der Waals surface area contributed by atoms with Crippen LogP contribution in [0, 0.1) is 0 Å². The summed E-state index contributed by atoms with van der Waals surface area (Å²) in [6, 6.07) is 13.8. The number of hydrogen-bond acceptors (Lipinski definition) is 4. The van der Waals surface area contributed by atoms with Crippen molar-refractivity contribution in [1.82, 2.24) is 0 Å². The Hall–Kier alpha value is -2.62. The van der Waals surface area contributed by atoms with Gasteiger partial charge in [0.15, 0.2) is 5.78 Å². The molecule has 0 radical (unpaired) electrons. The second kappa shape index (κ2) is 6.70. The van der Waals surface area contributed by atoms with E-state index in [0.717, 1.165) is 0 Å². The fraction of sp³-hybridized carbons (Fsp3) is 0.176. The Morgan fingerprint density at radius 2 is 1.62 bits per heavy atom. The lowest BCUT2D eigenvalue weighted by Crippen LogP contribution is -2.10. The number of carbonyl (C=O) groups is 2. The minimum atomic E-state index is -0.437. The van der Waals surface area contributed by atoms with Crippen LogP contribution >= 0.6 is 0 Å². The number of ether oxygens (including phenoxy) is 2. The summed E-state index contributed by atoms with van der Waals surface area (Å²) in [6.07, 6.45) is 0.150. The molecule has 2 aromatic carbocycles. The molecule has 0 saturated heterocycles. The van der Waals surface area contributed by atoms with Crippen molar-refractivity contribution in [3.63, 3.8) is 0 Å². The lowest BCUT2D eigenvalue weighted by atomic mass is 9.99. The van der Waals surface area contributed by atoms with E-state index in [1.807, 2.05) is 0 Å². The Bertz CT molecular complexity index is 644. The van der Waals surface area contributed by atoms with E-state index in [2.05, 4.69) is 0 Å². The molecule has 108 valence electrons. The van der Waals surface area contributed by atoms with Gasteiger partial charge in [-0.05, 0) is 35.9 Å². The molecule has 0 saturated carbocycles. The number of carbonyl (C=O) groups excluding carboxylic acids is 2. The molecule has 0 unspecified atom stereocenters. The zero-order valence-electron chi connectivity index (χ0n) is 12.0. The standard InChI is InChI=1S/C17H16O4/c1-20-14-9-7-12(8-10-14)16(18)11-13-5-3-4-6-15(13)17(19)21-2/h3-10H,11H2,1-2H3. The molecule has 0 N–H and O–H groups in total. The van der Waals surface area contributed by atoms with Gasteiger partial charge < -0.3 is 9.47 Å². The van der Waals surface area contributed by atoms with Crippen LogP contribution in [0.3, 0.4) is 0 Å². The van der Waals surface area contributed by atoms with Crippen LogP contribution in [-0.4, -0.2) is 26.0 Å². The topological polar surface area (TPSA) is 52.6 Å². The summed E-state index contributed by atoms with van der Waals surface area (Å²) in [6.45, 7) is 0. The smallest absolute Gasteiger partial charge is 0.338 e. The summed E-state index contributed by atoms with van der Waals surface area (Å²) >= 11 is 0. The number of Topliss-reactive ketones (excluding diaryl/α,β-unsaturated/α-hetero) is 1. The first-order valence-electron chi connectivity index (χ1n) is 6.49. The first kappa shape index (κ1) is 14.8. The Labute approximate surface area is 123 Å². The summed E-state index contributed by atoms with van der Waals surface area (Å²) in [4.78, 5) is 24.0. The van der Waals surface area contributed by atoms with E-state index in [9.17, 15) is 9.59 Å². The van der Waals surface area contributed by atoms with Crippen molar-refractivity contribution in [2.24, 2.45) is 0 Å². The van der Waals surface area contributed by atoms with E-state index < -0.39 is 5.97 Å². The second-order valence-corrected chi connectivity index (χ2v) is 4.48. The highest BCUT2D eigenvalue weighted by atomic mass is 16.5. The SMILES string of the molecule is COC(=O)c1ccccc1CC(=O)c1ccc(OC)cc1. The molecule has 0 spiro atoms. The third-order valence-corrected chi connectivity index (χ3v) is 3.19. The number of esters is 1. The van der Waals surface area contributed by atoms with Crippen LogP contribution in [0.2, 0.25) is 0 Å². The first-order valence-corrected chi connectivity index (χ1v) is 6.49. The molecule has 4 heteroatoms. The molecule has 0 aromatic heterocycles. The highest BCUT2D eigenvalue weighted by molar-refractivity contribution is 6.00. The van der Waals surface area contributed by atoms with Crippen LogP contribution in [0.25, 0.3) is 0 Å². The number of rotatable bonds is 5. The zero-order chi connectivity index (χ0) is 15.2. The van der Waals surface area contributed by atoms with Gasteiger partial charge in [-0.25, -0.2) is 4.79 Å². The van der Waals surface area contributed by atoms with Gasteiger partial charge in [0.25, 0.3) is 0 Å². The lowest BCUT2D eigenvalue weighted by molar-refractivity contribution is 0.0599. The highest BCUT2D eigenvalue weighted by Gasteiger charge is 2.14. The van der Waals surface area contributed by atoms with Crippen LogP contribution in [0.5, 0.6) is 5.75 Å². The summed E-state index contributed by atoms with van der Waals surface area (Å²) in [7, 11) is 2.90. The summed E-state index contributed by atoms with van der Waals surface area (Å²) in [5.41, 5.74) is 1.66. The molecule has 0 aliphatic carbocycles. The van der Waals surface area contributed by atoms with Crippen LogP contribution < -0.4 is 4.74 Å². The molecule has 0 heterocycles. The maximum atomic E-state index is 12.3. The Morgan fingerprint density at radius 1 is 0.952 bits per heavy atom. The summed E-state index contributed by atoms with van der Waals surface area (Å²) < 4.78 is 9.79. The monoisotopic (exact) mass is 284 g/mol. The number of methoxy groups -OCH3 is 2. The molecule has 4 nitrogen and oxygen atoms in total. The van der Waals surface area contributed by atoms with Gasteiger partial charge in [-0.15, -0.1) is 0 Å². The van der Waals surface area contributed by atoms with E-state index in [0.29, 0.717) is 22.4 Å². The third-order valence-electron chi connectivity index (χ3n) is 3.19. The Morgan fingerprint density at radius 3 is 2.24 bits per heavy atom. The van der Waals surface area contributed by atoms with Crippen LogP contribution in [0.15, 0.2) is 48.5 Å². The second-order valence-electron chi connectivity index (χ2n) is 4.48. The molecule has 0 aliphatic heterocycles. The molecular formula is C17H16O4. The van der Waals surface area contributed by atoms with Gasteiger partial charge in [-0.2, -0.15) is 0 Å². The van der Waals surface area contributed by atoms with Crippen molar-refractivity contribution in [2.75, 3.05) is 14.2 Å². The molecule has 0 aliphatic rings. The normalized spacial score (nSPS) is 10.0. The first-order chi connectivity index (χ1) is 10.2. The van der Waals surface area contributed by atoms with Crippen molar-refractivity contribution in [3.05, 3.63) is 65.2 Å². The molecule has 2 aromatic rings. The Balaban J connectivity index is 2.21. The van der Waals surface area contributed by atoms with E-state index in [-0.39, 0.29) is 12.2 Å². The van der Waals surface area contributed by atoms with E-state index in [4.69, 9.17) is 9.47 Å². The van der Waals surface area contributed by atoms with Crippen molar-refractivity contribution in [1.29, 1.82) is 0 Å². The molecule has 0 bridgehead atoms. The van der Waals surface area contributed by atoms with E-state index in [1.54, 1.807) is 55.6 Å². The quantitative estimate of drug-likeness (QED) is 0.626. The minimum Gasteiger partial charge on any atom is -0.497 e. The van der Waals surface area contributed by atoms with Gasteiger partial charge in [-0.3, -0.25) is 4.79 Å². The van der Waals surface area contributed by atoms with Crippen molar-refractivity contribution in [3.8, 4) is 5.75 Å². The summed E-state index contributed by atoms with van der Waals surface area (Å²) in [5.74, 6) is 0.198. The largest absolute Gasteiger partial charge is 0.497 e. The van der Waals surface area contributed by atoms with Crippen molar-refractivity contribution >= 4 is 11.8 Å². The van der Waals surface area contributed by atoms with Gasteiger partial charge >= 0.3 is 5.97 Å².